The first-order valence-electron chi connectivity index (χ1n) is 10.1. The lowest BCUT2D eigenvalue weighted by Gasteiger charge is -2.39. The number of nitrogens with one attached hydrogen (secondary N) is 2. The van der Waals surface area contributed by atoms with Crippen LogP contribution in [-0.2, 0) is 12.8 Å². The van der Waals surface area contributed by atoms with Crippen LogP contribution in [-0.4, -0.2) is 36.9 Å². The van der Waals surface area contributed by atoms with Gasteiger partial charge in [0, 0.05) is 31.1 Å². The first-order chi connectivity index (χ1) is 13.3. The van der Waals surface area contributed by atoms with Crippen molar-refractivity contribution in [3.05, 3.63) is 59.2 Å². The number of nitrogens with zero attached hydrogens (tertiary/aromatic N) is 1. The van der Waals surface area contributed by atoms with Crippen molar-refractivity contribution in [1.82, 2.24) is 15.8 Å². The normalized spacial score (nSPS) is 29.7. The molecule has 2 fully saturated rings. The van der Waals surface area contributed by atoms with Gasteiger partial charge in [-0.25, -0.2) is 5.43 Å². The molecule has 1 aliphatic carbocycles. The summed E-state index contributed by atoms with van der Waals surface area (Å²) in [6, 6.07) is 16.8. The lowest BCUT2D eigenvalue weighted by molar-refractivity contribution is 0.112. The maximum absolute atomic E-state index is 5.59. The summed E-state index contributed by atoms with van der Waals surface area (Å²) in [5, 5.41) is 0. The molecule has 5 heteroatoms. The Bertz CT molecular complexity index is 845. The summed E-state index contributed by atoms with van der Waals surface area (Å²) in [5.74, 6) is 2.30. The van der Waals surface area contributed by atoms with Crippen molar-refractivity contribution in [2.45, 2.75) is 37.4 Å². The van der Waals surface area contributed by atoms with Crippen LogP contribution >= 0.6 is 0 Å². The molecule has 2 saturated heterocycles. The number of hydrazine groups is 1. The molecule has 5 nitrogen and oxygen atoms in total. The molecule has 0 bridgehead atoms. The molecule has 3 unspecified atom stereocenters. The largest absolute Gasteiger partial charge is 0.454 e. The molecule has 2 aromatic carbocycles. The SMILES string of the molecule is c1ccc2c(c1)CC(N1CCC3NNC(c4ccc5c(c4)OCO5)C3C1)C2. The van der Waals surface area contributed by atoms with Crippen LogP contribution in [0.25, 0.3) is 0 Å². The Kier molecular flexibility index (Phi) is 3.67. The van der Waals surface area contributed by atoms with E-state index in [1.54, 1.807) is 11.1 Å². The number of hydrogen-bond donors (Lipinski definition) is 2. The molecule has 3 aliphatic heterocycles. The summed E-state index contributed by atoms with van der Waals surface area (Å²) in [6.07, 6.45) is 3.60. The summed E-state index contributed by atoms with van der Waals surface area (Å²) in [5.41, 5.74) is 11.5. The lowest BCUT2D eigenvalue weighted by atomic mass is 9.84. The van der Waals surface area contributed by atoms with Gasteiger partial charge in [0.15, 0.2) is 11.5 Å². The molecule has 27 heavy (non-hydrogen) atoms. The van der Waals surface area contributed by atoms with Gasteiger partial charge in [0.2, 0.25) is 6.79 Å². The van der Waals surface area contributed by atoms with E-state index < -0.39 is 0 Å². The van der Waals surface area contributed by atoms with E-state index in [0.29, 0.717) is 30.8 Å². The molecule has 3 heterocycles. The average Bonchev–Trinajstić information content (AvgIpc) is 3.43. The number of hydrogen-bond acceptors (Lipinski definition) is 5. The second kappa shape index (κ2) is 6.23. The van der Waals surface area contributed by atoms with Crippen LogP contribution in [0.5, 0.6) is 11.5 Å². The predicted molar refractivity (Wildman–Crippen MR) is 103 cm³/mol. The third kappa shape index (κ3) is 2.64. The zero-order valence-electron chi connectivity index (χ0n) is 15.4. The summed E-state index contributed by atoms with van der Waals surface area (Å²) >= 11 is 0. The highest BCUT2D eigenvalue weighted by Gasteiger charge is 2.42. The van der Waals surface area contributed by atoms with E-state index in [2.05, 4.69) is 52.1 Å². The maximum atomic E-state index is 5.59. The summed E-state index contributed by atoms with van der Waals surface area (Å²) in [7, 11) is 0. The van der Waals surface area contributed by atoms with E-state index in [-0.39, 0.29) is 0 Å². The van der Waals surface area contributed by atoms with Crippen LogP contribution in [0, 0.1) is 5.92 Å². The van der Waals surface area contributed by atoms with Crippen LogP contribution in [0.3, 0.4) is 0 Å². The van der Waals surface area contributed by atoms with Crippen LogP contribution < -0.4 is 20.3 Å². The van der Waals surface area contributed by atoms with Gasteiger partial charge in [-0.15, -0.1) is 0 Å². The van der Waals surface area contributed by atoms with Gasteiger partial charge in [-0.2, -0.15) is 0 Å². The van der Waals surface area contributed by atoms with Crippen molar-refractivity contribution in [3.8, 4) is 11.5 Å². The third-order valence-electron chi connectivity index (χ3n) is 6.84. The van der Waals surface area contributed by atoms with Crippen molar-refractivity contribution in [2.24, 2.45) is 5.92 Å². The second-order valence-corrected chi connectivity index (χ2v) is 8.26. The van der Waals surface area contributed by atoms with E-state index >= 15 is 0 Å². The predicted octanol–water partition coefficient (Wildman–Crippen LogP) is 2.42. The molecule has 2 N–H and O–H groups in total. The Morgan fingerprint density at radius 2 is 1.74 bits per heavy atom. The number of piperidine rings is 1. The van der Waals surface area contributed by atoms with E-state index in [9.17, 15) is 0 Å². The minimum atomic E-state index is 0.316. The molecule has 0 spiro atoms. The average molecular weight is 363 g/mol. The first kappa shape index (κ1) is 15.9. The molecule has 0 aromatic heterocycles. The highest BCUT2D eigenvalue weighted by Crippen LogP contribution is 2.40. The highest BCUT2D eigenvalue weighted by molar-refractivity contribution is 5.45. The van der Waals surface area contributed by atoms with Gasteiger partial charge in [-0.1, -0.05) is 30.3 Å². The fraction of sp³-hybridized carbons (Fsp3) is 0.455. The van der Waals surface area contributed by atoms with Crippen molar-refractivity contribution in [2.75, 3.05) is 19.9 Å². The Morgan fingerprint density at radius 1 is 0.926 bits per heavy atom. The van der Waals surface area contributed by atoms with Gasteiger partial charge in [0.1, 0.15) is 0 Å². The van der Waals surface area contributed by atoms with Crippen LogP contribution in [0.1, 0.15) is 29.2 Å². The van der Waals surface area contributed by atoms with Gasteiger partial charge in [0.25, 0.3) is 0 Å². The van der Waals surface area contributed by atoms with Crippen LogP contribution in [0.15, 0.2) is 42.5 Å². The molecular weight excluding hydrogens is 338 g/mol. The molecule has 0 saturated carbocycles. The molecule has 2 aromatic rings. The van der Waals surface area contributed by atoms with Crippen molar-refractivity contribution < 1.29 is 9.47 Å². The second-order valence-electron chi connectivity index (χ2n) is 8.26. The Balaban J connectivity index is 1.21. The fourth-order valence-electron chi connectivity index (χ4n) is 5.39. The van der Waals surface area contributed by atoms with Gasteiger partial charge in [0.05, 0.1) is 6.04 Å². The summed E-state index contributed by atoms with van der Waals surface area (Å²) < 4.78 is 11.1. The Labute approximate surface area is 159 Å². The smallest absolute Gasteiger partial charge is 0.231 e. The van der Waals surface area contributed by atoms with E-state index in [1.807, 2.05) is 6.07 Å². The van der Waals surface area contributed by atoms with Gasteiger partial charge in [-0.3, -0.25) is 10.3 Å². The lowest BCUT2D eigenvalue weighted by Crippen LogP contribution is -2.49. The Morgan fingerprint density at radius 3 is 2.59 bits per heavy atom. The van der Waals surface area contributed by atoms with E-state index in [4.69, 9.17) is 9.47 Å². The molecule has 4 aliphatic rings. The minimum Gasteiger partial charge on any atom is -0.454 e. The summed E-state index contributed by atoms with van der Waals surface area (Å²) in [4.78, 5) is 2.73. The van der Waals surface area contributed by atoms with E-state index in [1.165, 1.54) is 31.4 Å². The van der Waals surface area contributed by atoms with Crippen LogP contribution in [0.4, 0.5) is 0 Å². The molecule has 0 radical (unpaired) electrons. The molecular formula is C22H25N3O2. The highest BCUT2D eigenvalue weighted by atomic mass is 16.7. The van der Waals surface area contributed by atoms with Gasteiger partial charge < -0.3 is 9.47 Å². The third-order valence-corrected chi connectivity index (χ3v) is 6.84. The van der Waals surface area contributed by atoms with Gasteiger partial charge >= 0.3 is 0 Å². The summed E-state index contributed by atoms with van der Waals surface area (Å²) in [6.45, 7) is 2.65. The number of likely N-dealkylation sites (tertiary alicyclic amines) is 1. The Hall–Kier alpha value is -2.08. The zero-order valence-corrected chi connectivity index (χ0v) is 15.4. The van der Waals surface area contributed by atoms with Crippen molar-refractivity contribution >= 4 is 0 Å². The van der Waals surface area contributed by atoms with Gasteiger partial charge in [-0.05, 0) is 48.1 Å². The monoisotopic (exact) mass is 363 g/mol. The number of rotatable bonds is 2. The quantitative estimate of drug-likeness (QED) is 0.858. The van der Waals surface area contributed by atoms with Crippen LogP contribution in [0.2, 0.25) is 0 Å². The van der Waals surface area contributed by atoms with Crippen molar-refractivity contribution in [3.63, 3.8) is 0 Å². The number of fused-ring (bicyclic) bond motifs is 3. The number of ether oxygens (including phenoxy) is 2. The topological polar surface area (TPSA) is 45.8 Å². The van der Waals surface area contributed by atoms with Crippen molar-refractivity contribution in [1.29, 1.82) is 0 Å². The first-order valence-corrected chi connectivity index (χ1v) is 10.1. The standard InChI is InChI=1S/C22H25N3O2/c1-2-4-15-10-17(9-14(15)3-1)25-8-7-19-18(12-25)22(24-23-19)16-5-6-20-21(11-16)27-13-26-20/h1-6,11,17-19,22-24H,7-10,12-13H2. The molecule has 6 rings (SSSR count). The number of benzene rings is 2. The maximum Gasteiger partial charge on any atom is 0.231 e. The molecule has 140 valence electrons. The molecule has 3 atom stereocenters. The zero-order chi connectivity index (χ0) is 17.8. The molecule has 0 amide bonds. The fourth-order valence-corrected chi connectivity index (χ4v) is 5.39. The van der Waals surface area contributed by atoms with E-state index in [0.717, 1.165) is 18.0 Å². The minimum absolute atomic E-state index is 0.316.